The van der Waals surface area contributed by atoms with E-state index in [0.717, 1.165) is 12.8 Å². The summed E-state index contributed by atoms with van der Waals surface area (Å²) in [4.78, 5) is 0. The Morgan fingerprint density at radius 2 is 2.46 bits per heavy atom. The summed E-state index contributed by atoms with van der Waals surface area (Å²) < 4.78 is 5.27. The Labute approximate surface area is 77.2 Å². The van der Waals surface area contributed by atoms with Gasteiger partial charge in [0, 0.05) is 0 Å². The zero-order valence-corrected chi connectivity index (χ0v) is 7.53. The van der Waals surface area contributed by atoms with Crippen molar-refractivity contribution < 1.29 is 4.74 Å². The second-order valence-corrected chi connectivity index (χ2v) is 2.56. The highest BCUT2D eigenvalue weighted by atomic mass is 16.5. The van der Waals surface area contributed by atoms with Gasteiger partial charge in [-0.3, -0.25) is 0 Å². The summed E-state index contributed by atoms with van der Waals surface area (Å²) in [7, 11) is 0. The predicted molar refractivity (Wildman–Crippen MR) is 47.2 cm³/mol. The lowest BCUT2D eigenvalue weighted by Gasteiger charge is -2.03. The molecule has 13 heavy (non-hydrogen) atoms. The topological polar surface area (TPSA) is 58.8 Å². The molecule has 1 heterocycles. The van der Waals surface area contributed by atoms with Crippen molar-refractivity contribution in [1.82, 2.24) is 10.2 Å². The van der Waals surface area contributed by atoms with Crippen LogP contribution in [0.4, 0.5) is 0 Å². The number of ether oxygens (including phenoxy) is 1. The van der Waals surface area contributed by atoms with Crippen molar-refractivity contribution in [3.63, 3.8) is 0 Å². The number of hydrogen-bond acceptors (Lipinski definition) is 4. The minimum Gasteiger partial charge on any atom is -0.476 e. The van der Waals surface area contributed by atoms with Gasteiger partial charge in [-0.05, 0) is 12.5 Å². The SMILES string of the molecule is CCCCOc1nnccc1C#N. The second-order valence-electron chi connectivity index (χ2n) is 2.56. The molecule has 0 aliphatic rings. The first-order valence-electron chi connectivity index (χ1n) is 4.23. The Morgan fingerprint density at radius 1 is 1.62 bits per heavy atom. The number of rotatable bonds is 4. The molecule has 0 fully saturated rings. The highest BCUT2D eigenvalue weighted by Gasteiger charge is 2.02. The van der Waals surface area contributed by atoms with Gasteiger partial charge in [-0.15, -0.1) is 5.10 Å². The number of hydrogen-bond donors (Lipinski definition) is 0. The molecule has 0 bridgehead atoms. The van der Waals surface area contributed by atoms with E-state index >= 15 is 0 Å². The molecule has 0 unspecified atom stereocenters. The van der Waals surface area contributed by atoms with Crippen molar-refractivity contribution in [3.05, 3.63) is 17.8 Å². The van der Waals surface area contributed by atoms with Crippen LogP contribution < -0.4 is 4.74 Å². The van der Waals surface area contributed by atoms with Crippen molar-refractivity contribution in [3.8, 4) is 11.9 Å². The molecule has 4 nitrogen and oxygen atoms in total. The van der Waals surface area contributed by atoms with Crippen LogP contribution in [-0.4, -0.2) is 16.8 Å². The zero-order valence-electron chi connectivity index (χ0n) is 7.53. The second kappa shape index (κ2) is 5.09. The minimum absolute atomic E-state index is 0.332. The van der Waals surface area contributed by atoms with Crippen LogP contribution in [0.3, 0.4) is 0 Å². The van der Waals surface area contributed by atoms with Gasteiger partial charge in [0.15, 0.2) is 0 Å². The predicted octanol–water partition coefficient (Wildman–Crippen LogP) is 1.53. The van der Waals surface area contributed by atoms with Crippen LogP contribution in [0.15, 0.2) is 12.3 Å². The average molecular weight is 177 g/mol. The van der Waals surface area contributed by atoms with Crippen molar-refractivity contribution in [1.29, 1.82) is 5.26 Å². The summed E-state index contributed by atoms with van der Waals surface area (Å²) in [6.45, 7) is 2.66. The third-order valence-electron chi connectivity index (χ3n) is 1.54. The number of unbranched alkanes of at least 4 members (excludes halogenated alkanes) is 1. The summed E-state index contributed by atoms with van der Waals surface area (Å²) in [6, 6.07) is 3.59. The molecule has 0 saturated heterocycles. The maximum atomic E-state index is 8.68. The Hall–Kier alpha value is -1.63. The smallest absolute Gasteiger partial charge is 0.251 e. The van der Waals surface area contributed by atoms with E-state index in [4.69, 9.17) is 10.00 Å². The Balaban J connectivity index is 2.60. The van der Waals surface area contributed by atoms with Crippen LogP contribution in [0.5, 0.6) is 5.88 Å². The van der Waals surface area contributed by atoms with E-state index in [1.165, 1.54) is 6.20 Å². The Bertz CT molecular complexity index is 306. The molecule has 0 atom stereocenters. The van der Waals surface area contributed by atoms with Gasteiger partial charge < -0.3 is 4.74 Å². The Kier molecular flexibility index (Phi) is 3.71. The van der Waals surface area contributed by atoms with Gasteiger partial charge in [0.2, 0.25) is 0 Å². The molecule has 1 aromatic heterocycles. The van der Waals surface area contributed by atoms with Gasteiger partial charge in [0.1, 0.15) is 11.6 Å². The quantitative estimate of drug-likeness (QED) is 0.654. The summed E-state index contributed by atoms with van der Waals surface area (Å²) in [5.74, 6) is 0.332. The number of aromatic nitrogens is 2. The maximum Gasteiger partial charge on any atom is 0.251 e. The molecule has 0 N–H and O–H groups in total. The fourth-order valence-electron chi connectivity index (χ4n) is 0.824. The van der Waals surface area contributed by atoms with E-state index in [1.54, 1.807) is 6.07 Å². The van der Waals surface area contributed by atoms with Gasteiger partial charge in [-0.1, -0.05) is 13.3 Å². The highest BCUT2D eigenvalue weighted by molar-refractivity contribution is 5.35. The van der Waals surface area contributed by atoms with E-state index < -0.39 is 0 Å². The Morgan fingerprint density at radius 3 is 3.15 bits per heavy atom. The van der Waals surface area contributed by atoms with Crippen LogP contribution in [0.1, 0.15) is 25.3 Å². The lowest BCUT2D eigenvalue weighted by atomic mass is 10.3. The molecule has 1 rings (SSSR count). The fraction of sp³-hybridized carbons (Fsp3) is 0.444. The van der Waals surface area contributed by atoms with E-state index in [-0.39, 0.29) is 0 Å². The summed E-state index contributed by atoms with van der Waals surface area (Å²) >= 11 is 0. The van der Waals surface area contributed by atoms with Crippen molar-refractivity contribution in [2.45, 2.75) is 19.8 Å². The molecule has 0 radical (unpaired) electrons. The first-order valence-corrected chi connectivity index (χ1v) is 4.23. The molecule has 0 aliphatic heterocycles. The van der Waals surface area contributed by atoms with Gasteiger partial charge in [-0.25, -0.2) is 0 Å². The third kappa shape index (κ3) is 2.71. The molecule has 4 heteroatoms. The molecule has 0 aliphatic carbocycles. The van der Waals surface area contributed by atoms with E-state index in [2.05, 4.69) is 17.1 Å². The van der Waals surface area contributed by atoms with Crippen molar-refractivity contribution in [2.24, 2.45) is 0 Å². The fourth-order valence-corrected chi connectivity index (χ4v) is 0.824. The van der Waals surface area contributed by atoms with E-state index in [9.17, 15) is 0 Å². The van der Waals surface area contributed by atoms with Gasteiger partial charge in [0.05, 0.1) is 12.8 Å². The van der Waals surface area contributed by atoms with Gasteiger partial charge in [0.25, 0.3) is 5.88 Å². The lowest BCUT2D eigenvalue weighted by Crippen LogP contribution is -2.01. The monoisotopic (exact) mass is 177 g/mol. The first kappa shape index (κ1) is 9.46. The molecule has 0 saturated carbocycles. The van der Waals surface area contributed by atoms with E-state index in [0.29, 0.717) is 18.1 Å². The van der Waals surface area contributed by atoms with Crippen LogP contribution in [0, 0.1) is 11.3 Å². The molecular formula is C9H11N3O. The summed E-state index contributed by atoms with van der Waals surface area (Å²) in [5.41, 5.74) is 0.436. The average Bonchev–Trinajstić information content (AvgIpc) is 2.19. The molecule has 0 aromatic carbocycles. The number of nitrogens with zero attached hydrogens (tertiary/aromatic N) is 3. The molecule has 0 spiro atoms. The largest absolute Gasteiger partial charge is 0.476 e. The normalized spacial score (nSPS) is 9.23. The summed E-state index contributed by atoms with van der Waals surface area (Å²) in [6.07, 6.45) is 3.49. The zero-order chi connectivity index (χ0) is 9.52. The molecular weight excluding hydrogens is 166 g/mol. The van der Waals surface area contributed by atoms with Crippen LogP contribution >= 0.6 is 0 Å². The lowest BCUT2D eigenvalue weighted by molar-refractivity contribution is 0.293. The molecule has 1 aromatic rings. The minimum atomic E-state index is 0.332. The van der Waals surface area contributed by atoms with Crippen LogP contribution in [0.2, 0.25) is 0 Å². The number of nitriles is 1. The third-order valence-corrected chi connectivity index (χ3v) is 1.54. The van der Waals surface area contributed by atoms with Crippen molar-refractivity contribution in [2.75, 3.05) is 6.61 Å². The molecule has 0 amide bonds. The van der Waals surface area contributed by atoms with Gasteiger partial charge in [-0.2, -0.15) is 10.4 Å². The standard InChI is InChI=1S/C9H11N3O/c1-2-3-6-13-9-8(7-10)4-5-11-12-9/h4-5H,2-3,6H2,1H3. The van der Waals surface area contributed by atoms with Crippen LogP contribution in [-0.2, 0) is 0 Å². The maximum absolute atomic E-state index is 8.68. The van der Waals surface area contributed by atoms with E-state index in [1.807, 2.05) is 6.07 Å². The summed E-state index contributed by atoms with van der Waals surface area (Å²) in [5, 5.41) is 16.0. The highest BCUT2D eigenvalue weighted by Crippen LogP contribution is 2.11. The molecule has 68 valence electrons. The first-order chi connectivity index (χ1) is 6.38. The van der Waals surface area contributed by atoms with Crippen molar-refractivity contribution >= 4 is 0 Å². The van der Waals surface area contributed by atoms with Crippen LogP contribution in [0.25, 0.3) is 0 Å². The van der Waals surface area contributed by atoms with Gasteiger partial charge >= 0.3 is 0 Å².